The average molecular weight is 300 g/mol. The molecule has 3 rings (SSSR count). The Balaban J connectivity index is 2.24. The Kier molecular flexibility index (Phi) is 3.30. The van der Waals surface area contributed by atoms with Crippen LogP contribution in [0.1, 0.15) is 10.5 Å². The number of fused-ring (bicyclic) bond motifs is 1. The van der Waals surface area contributed by atoms with E-state index in [2.05, 4.69) is 20.5 Å². The molecule has 3 aromatic rings. The Labute approximate surface area is 124 Å². The molecule has 0 aliphatic rings. The van der Waals surface area contributed by atoms with E-state index >= 15 is 0 Å². The summed E-state index contributed by atoms with van der Waals surface area (Å²) in [5, 5.41) is 21.9. The molecular formula is C13H10N5O4-. The average Bonchev–Trinajstić information content (AvgIpc) is 3.01. The topological polar surface area (TPSA) is 115 Å². The second kappa shape index (κ2) is 5.28. The van der Waals surface area contributed by atoms with Crippen LogP contribution in [0.2, 0.25) is 0 Å². The lowest BCUT2D eigenvalue weighted by Crippen LogP contribution is -2.25. The van der Waals surface area contributed by atoms with Gasteiger partial charge in [-0.15, -0.1) is 0 Å². The first kappa shape index (κ1) is 13.7. The lowest BCUT2D eigenvalue weighted by molar-refractivity contribution is -0.255. The minimum Gasteiger partial charge on any atom is -0.543 e. The number of hydrogen-bond donors (Lipinski definition) is 0. The number of methoxy groups -OCH3 is 2. The van der Waals surface area contributed by atoms with Crippen molar-refractivity contribution >= 4 is 11.7 Å². The van der Waals surface area contributed by atoms with Gasteiger partial charge in [0, 0.05) is 11.6 Å². The third-order valence-electron chi connectivity index (χ3n) is 3.07. The monoisotopic (exact) mass is 300 g/mol. The maximum Gasteiger partial charge on any atom is 0.274 e. The van der Waals surface area contributed by atoms with E-state index in [0.717, 1.165) is 4.52 Å². The molecule has 0 radical (unpaired) electrons. The zero-order chi connectivity index (χ0) is 15.7. The van der Waals surface area contributed by atoms with E-state index in [1.165, 1.54) is 20.3 Å². The van der Waals surface area contributed by atoms with Crippen molar-refractivity contribution in [1.29, 1.82) is 0 Å². The first-order valence-electron chi connectivity index (χ1n) is 6.17. The minimum absolute atomic E-state index is 0.0505. The fourth-order valence-corrected chi connectivity index (χ4v) is 2.03. The maximum absolute atomic E-state index is 11.2. The highest BCUT2D eigenvalue weighted by molar-refractivity contribution is 5.86. The number of aromatic carboxylic acids is 1. The standard InChI is InChI=1S/C13H11N5O4/c1-21-7-3-4-8(11(5-7)22-2)9-6-10(12(19)20)18-13(14-9)15-16-17-18/h3-6H,1-2H3,(H,19,20)/p-1. The molecule has 2 heterocycles. The summed E-state index contributed by atoms with van der Waals surface area (Å²) >= 11 is 0. The first-order valence-corrected chi connectivity index (χ1v) is 6.17. The van der Waals surface area contributed by atoms with Gasteiger partial charge in [-0.25, -0.2) is 4.98 Å². The van der Waals surface area contributed by atoms with Crippen molar-refractivity contribution in [3.05, 3.63) is 30.0 Å². The second-order valence-corrected chi connectivity index (χ2v) is 4.27. The SMILES string of the molecule is COc1ccc(-c2cc(C(=O)[O-])n3nnnc3n2)c(OC)c1. The van der Waals surface area contributed by atoms with E-state index in [1.54, 1.807) is 18.2 Å². The highest BCUT2D eigenvalue weighted by atomic mass is 16.5. The molecule has 0 N–H and O–H groups in total. The predicted molar refractivity (Wildman–Crippen MR) is 71.4 cm³/mol. The van der Waals surface area contributed by atoms with Gasteiger partial charge in [0.25, 0.3) is 5.78 Å². The van der Waals surface area contributed by atoms with Crippen LogP contribution in [0.5, 0.6) is 11.5 Å². The van der Waals surface area contributed by atoms with Gasteiger partial charge in [0.05, 0.1) is 31.6 Å². The van der Waals surface area contributed by atoms with Crippen molar-refractivity contribution in [3.8, 4) is 22.8 Å². The van der Waals surface area contributed by atoms with Crippen molar-refractivity contribution in [2.24, 2.45) is 0 Å². The lowest BCUT2D eigenvalue weighted by atomic mass is 10.1. The number of benzene rings is 1. The summed E-state index contributed by atoms with van der Waals surface area (Å²) in [6.45, 7) is 0. The van der Waals surface area contributed by atoms with Crippen LogP contribution in [0, 0.1) is 0 Å². The molecule has 2 aromatic heterocycles. The largest absolute Gasteiger partial charge is 0.543 e. The normalized spacial score (nSPS) is 10.6. The molecule has 9 heteroatoms. The molecule has 0 aliphatic heterocycles. The van der Waals surface area contributed by atoms with Crippen LogP contribution in [0.4, 0.5) is 0 Å². The van der Waals surface area contributed by atoms with E-state index in [0.29, 0.717) is 22.8 Å². The summed E-state index contributed by atoms with van der Waals surface area (Å²) in [6, 6.07) is 6.41. The van der Waals surface area contributed by atoms with Crippen LogP contribution < -0.4 is 14.6 Å². The number of carboxylic acids is 1. The molecule has 0 spiro atoms. The van der Waals surface area contributed by atoms with Crippen molar-refractivity contribution in [2.75, 3.05) is 14.2 Å². The number of carboxylic acid groups (broad SMARTS) is 1. The van der Waals surface area contributed by atoms with Crippen LogP contribution in [-0.4, -0.2) is 45.2 Å². The highest BCUT2D eigenvalue weighted by Gasteiger charge is 2.14. The molecule has 0 fully saturated rings. The van der Waals surface area contributed by atoms with E-state index in [-0.39, 0.29) is 11.5 Å². The van der Waals surface area contributed by atoms with Gasteiger partial charge in [-0.3, -0.25) is 0 Å². The Morgan fingerprint density at radius 3 is 2.73 bits per heavy atom. The van der Waals surface area contributed by atoms with Crippen LogP contribution in [0.3, 0.4) is 0 Å². The third-order valence-corrected chi connectivity index (χ3v) is 3.07. The Morgan fingerprint density at radius 1 is 1.23 bits per heavy atom. The van der Waals surface area contributed by atoms with Crippen LogP contribution in [-0.2, 0) is 0 Å². The van der Waals surface area contributed by atoms with Crippen molar-refractivity contribution in [3.63, 3.8) is 0 Å². The van der Waals surface area contributed by atoms with Gasteiger partial charge in [-0.2, -0.15) is 4.52 Å². The quantitative estimate of drug-likeness (QED) is 0.637. The van der Waals surface area contributed by atoms with Crippen LogP contribution in [0.25, 0.3) is 17.0 Å². The molecule has 1 aromatic carbocycles. The number of carbonyl (C=O) groups excluding carboxylic acids is 1. The number of rotatable bonds is 4. The molecule has 9 nitrogen and oxygen atoms in total. The van der Waals surface area contributed by atoms with Crippen molar-refractivity contribution in [2.45, 2.75) is 0 Å². The number of hydrogen-bond acceptors (Lipinski definition) is 8. The predicted octanol–water partition coefficient (Wildman–Crippen LogP) is -0.433. The molecule has 0 saturated carbocycles. The smallest absolute Gasteiger partial charge is 0.274 e. The summed E-state index contributed by atoms with van der Waals surface area (Å²) in [4.78, 5) is 15.5. The van der Waals surface area contributed by atoms with Gasteiger partial charge in [-0.1, -0.05) is 5.10 Å². The van der Waals surface area contributed by atoms with E-state index < -0.39 is 5.97 Å². The number of nitrogens with zero attached hydrogens (tertiary/aromatic N) is 5. The highest BCUT2D eigenvalue weighted by Crippen LogP contribution is 2.32. The molecule has 0 amide bonds. The molecule has 112 valence electrons. The van der Waals surface area contributed by atoms with Gasteiger partial charge in [0.2, 0.25) is 0 Å². The summed E-state index contributed by atoms with van der Waals surface area (Å²) in [7, 11) is 3.03. The van der Waals surface area contributed by atoms with Gasteiger partial charge >= 0.3 is 0 Å². The fraction of sp³-hybridized carbons (Fsp3) is 0.154. The summed E-state index contributed by atoms with van der Waals surface area (Å²) < 4.78 is 11.4. The second-order valence-electron chi connectivity index (χ2n) is 4.27. The minimum atomic E-state index is -1.41. The molecule has 0 atom stereocenters. The van der Waals surface area contributed by atoms with Gasteiger partial charge in [0.1, 0.15) is 11.5 Å². The molecular weight excluding hydrogens is 290 g/mol. The number of carbonyl (C=O) groups is 1. The first-order chi connectivity index (χ1) is 10.6. The van der Waals surface area contributed by atoms with Gasteiger partial charge in [-0.05, 0) is 28.6 Å². The number of aromatic nitrogens is 5. The van der Waals surface area contributed by atoms with E-state index in [1.807, 2.05) is 0 Å². The molecule has 0 aliphatic carbocycles. The Morgan fingerprint density at radius 2 is 2.05 bits per heavy atom. The van der Waals surface area contributed by atoms with E-state index in [4.69, 9.17) is 9.47 Å². The third kappa shape index (κ3) is 2.18. The summed E-state index contributed by atoms with van der Waals surface area (Å²) in [5.41, 5.74) is 0.722. The van der Waals surface area contributed by atoms with Crippen LogP contribution in [0.15, 0.2) is 24.3 Å². The lowest BCUT2D eigenvalue weighted by Gasteiger charge is -2.11. The fourth-order valence-electron chi connectivity index (χ4n) is 2.03. The molecule has 22 heavy (non-hydrogen) atoms. The maximum atomic E-state index is 11.2. The van der Waals surface area contributed by atoms with Crippen molar-refractivity contribution < 1.29 is 19.4 Å². The van der Waals surface area contributed by atoms with Gasteiger partial charge in [0.15, 0.2) is 0 Å². The summed E-state index contributed by atoms with van der Waals surface area (Å²) in [6.07, 6.45) is 0. The zero-order valence-corrected chi connectivity index (χ0v) is 11.7. The zero-order valence-electron chi connectivity index (χ0n) is 11.7. The van der Waals surface area contributed by atoms with Gasteiger partial charge < -0.3 is 19.4 Å². The van der Waals surface area contributed by atoms with Crippen LogP contribution >= 0.6 is 0 Å². The molecule has 0 unspecified atom stereocenters. The number of tetrazole rings is 1. The van der Waals surface area contributed by atoms with Crippen molar-refractivity contribution in [1.82, 2.24) is 25.0 Å². The Bertz CT molecular complexity index is 861. The van der Waals surface area contributed by atoms with E-state index in [9.17, 15) is 9.90 Å². The molecule has 0 saturated heterocycles. The Hall–Kier alpha value is -3.23. The summed E-state index contributed by atoms with van der Waals surface area (Å²) in [5.74, 6) is -0.276. The molecule has 0 bridgehead atoms. The number of ether oxygens (including phenoxy) is 2.